The van der Waals surface area contributed by atoms with Crippen molar-refractivity contribution in [3.63, 3.8) is 0 Å². The number of rotatable bonds is 13. The van der Waals surface area contributed by atoms with E-state index < -0.39 is 13.1 Å². The van der Waals surface area contributed by atoms with Gasteiger partial charge in [0, 0.05) is 27.3 Å². The normalized spacial score (nSPS) is 12.5. The number of hydrogen-bond donors (Lipinski definition) is 2. The van der Waals surface area contributed by atoms with Gasteiger partial charge in [0.15, 0.2) is 0 Å². The molecule has 0 bridgehead atoms. The number of aliphatic hydroxyl groups excluding tert-OH is 2. The second kappa shape index (κ2) is 11.9. The topological polar surface area (TPSA) is 79.2 Å². The summed E-state index contributed by atoms with van der Waals surface area (Å²) in [6.45, 7) is 4.92. The van der Waals surface area contributed by atoms with Crippen molar-refractivity contribution in [1.29, 1.82) is 0 Å². The van der Waals surface area contributed by atoms with Gasteiger partial charge in [-0.2, -0.15) is 0 Å². The predicted octanol–water partition coefficient (Wildman–Crippen LogP) is 4.02. The van der Waals surface area contributed by atoms with Gasteiger partial charge in [-0.05, 0) is 42.0 Å². The zero-order valence-corrected chi connectivity index (χ0v) is 20.0. The molecule has 0 saturated carbocycles. The predicted molar refractivity (Wildman–Crippen MR) is 124 cm³/mol. The van der Waals surface area contributed by atoms with Crippen LogP contribution in [0.5, 0.6) is 0 Å². The Balaban J connectivity index is 2.13. The molecule has 0 unspecified atom stereocenters. The lowest BCUT2D eigenvalue weighted by Gasteiger charge is -2.39. The van der Waals surface area contributed by atoms with Crippen molar-refractivity contribution in [3.8, 4) is 0 Å². The molecule has 2 N–H and O–H groups in total. The average Bonchev–Trinajstić information content (AvgIpc) is 2.82. The van der Waals surface area contributed by atoms with Crippen molar-refractivity contribution in [2.24, 2.45) is 0 Å². The lowest BCUT2D eigenvalue weighted by Crippen LogP contribution is -2.51. The minimum absolute atomic E-state index is 0.141. The van der Waals surface area contributed by atoms with E-state index in [0.29, 0.717) is 25.7 Å². The summed E-state index contributed by atoms with van der Waals surface area (Å²) < 4.78 is 22.2. The Morgan fingerprint density at radius 3 is 1.65 bits per heavy atom. The number of aliphatic hydroxyl groups is 2. The summed E-state index contributed by atoms with van der Waals surface area (Å²) in [5, 5.41) is 20.0. The van der Waals surface area contributed by atoms with Gasteiger partial charge < -0.3 is 19.3 Å². The summed E-state index contributed by atoms with van der Waals surface area (Å²) in [6, 6.07) is 16.5. The fourth-order valence-corrected chi connectivity index (χ4v) is 4.39. The number of nitrogens with zero attached hydrogens (tertiary/aromatic N) is 1. The fraction of sp³-hybridized carbons (Fsp3) is 0.500. The molecule has 0 saturated heterocycles. The van der Waals surface area contributed by atoms with Crippen LogP contribution in [0.1, 0.15) is 36.1 Å². The molecule has 2 aromatic carbocycles. The first-order valence-electron chi connectivity index (χ1n) is 10.6. The third kappa shape index (κ3) is 7.25. The highest BCUT2D eigenvalue weighted by atomic mass is 31.2. The van der Waals surface area contributed by atoms with Gasteiger partial charge in [0.2, 0.25) is 0 Å². The molecule has 0 spiro atoms. The van der Waals surface area contributed by atoms with E-state index in [1.807, 2.05) is 31.2 Å². The SMILES string of the molecule is CCc1ccc(CN(Cc2ccc(CCP(=O)(OC)OC)cc2)C(C)(CO)CO)cc1. The third-order valence-corrected chi connectivity index (χ3v) is 7.76. The molecule has 2 aromatic rings. The van der Waals surface area contributed by atoms with Gasteiger partial charge in [-0.15, -0.1) is 0 Å². The molecule has 6 nitrogen and oxygen atoms in total. The number of hydrogen-bond acceptors (Lipinski definition) is 6. The van der Waals surface area contributed by atoms with Gasteiger partial charge >= 0.3 is 7.60 Å². The van der Waals surface area contributed by atoms with Crippen molar-refractivity contribution in [2.75, 3.05) is 33.6 Å². The van der Waals surface area contributed by atoms with E-state index in [9.17, 15) is 14.8 Å². The molecule has 0 aliphatic rings. The van der Waals surface area contributed by atoms with E-state index in [1.165, 1.54) is 19.8 Å². The largest absolute Gasteiger partial charge is 0.394 e. The van der Waals surface area contributed by atoms with E-state index >= 15 is 0 Å². The molecule has 0 atom stereocenters. The molecule has 2 rings (SSSR count). The van der Waals surface area contributed by atoms with Gasteiger partial charge in [-0.3, -0.25) is 9.46 Å². The monoisotopic (exact) mass is 449 g/mol. The van der Waals surface area contributed by atoms with Crippen molar-refractivity contribution in [1.82, 2.24) is 4.90 Å². The summed E-state index contributed by atoms with van der Waals surface area (Å²) in [6.07, 6.45) is 1.91. The number of aryl methyl sites for hydroxylation is 2. The number of benzene rings is 2. The second-order valence-corrected chi connectivity index (χ2v) is 10.5. The van der Waals surface area contributed by atoms with Crippen LogP contribution in [0.2, 0.25) is 0 Å². The van der Waals surface area contributed by atoms with Crippen molar-refractivity contribution >= 4 is 7.60 Å². The van der Waals surface area contributed by atoms with Gasteiger partial charge in [-0.25, -0.2) is 0 Å². The second-order valence-electron chi connectivity index (χ2n) is 8.11. The summed E-state index contributed by atoms with van der Waals surface area (Å²) in [5.41, 5.74) is 3.79. The molecule has 0 aliphatic heterocycles. The molecule has 172 valence electrons. The molecular formula is C24H36NO5P. The van der Waals surface area contributed by atoms with Crippen LogP contribution in [-0.4, -0.2) is 54.2 Å². The van der Waals surface area contributed by atoms with Gasteiger partial charge in [0.1, 0.15) is 0 Å². The molecule has 0 amide bonds. The quantitative estimate of drug-likeness (QED) is 0.450. The molecule has 0 fully saturated rings. The standard InChI is InChI=1S/C24H36NO5P/c1-5-20-6-10-22(11-7-20)16-25(24(2,18-26)19-27)17-23-12-8-21(9-13-23)14-15-31(28,29-3)30-4/h6-13,26-27H,5,14-19H2,1-4H3. The van der Waals surface area contributed by atoms with Crippen LogP contribution >= 0.6 is 7.60 Å². The zero-order chi connectivity index (χ0) is 22.9. The molecule has 0 aliphatic carbocycles. The first-order valence-corrected chi connectivity index (χ1v) is 12.4. The van der Waals surface area contributed by atoms with Crippen LogP contribution in [0.3, 0.4) is 0 Å². The Labute approximate surface area is 186 Å². The van der Waals surface area contributed by atoms with Crippen molar-refractivity contribution in [3.05, 3.63) is 70.8 Å². The summed E-state index contributed by atoms with van der Waals surface area (Å²) in [7, 11) is -0.221. The Morgan fingerprint density at radius 2 is 1.26 bits per heavy atom. The van der Waals surface area contributed by atoms with E-state index in [-0.39, 0.29) is 13.2 Å². The summed E-state index contributed by atoms with van der Waals surface area (Å²) in [5.74, 6) is 0. The highest BCUT2D eigenvalue weighted by Crippen LogP contribution is 2.46. The molecule has 7 heteroatoms. The molecule has 31 heavy (non-hydrogen) atoms. The van der Waals surface area contributed by atoms with Crippen LogP contribution in [-0.2, 0) is 39.5 Å². The maximum Gasteiger partial charge on any atom is 0.330 e. The van der Waals surface area contributed by atoms with Crippen molar-refractivity contribution in [2.45, 2.75) is 45.3 Å². The molecular weight excluding hydrogens is 413 g/mol. The maximum atomic E-state index is 12.2. The van der Waals surface area contributed by atoms with Crippen LogP contribution in [0.4, 0.5) is 0 Å². The highest BCUT2D eigenvalue weighted by molar-refractivity contribution is 7.53. The lowest BCUT2D eigenvalue weighted by molar-refractivity contribution is -0.0114. The average molecular weight is 450 g/mol. The minimum atomic E-state index is -3.02. The van der Waals surface area contributed by atoms with Gasteiger partial charge in [0.05, 0.1) is 24.9 Å². The Morgan fingerprint density at radius 1 is 0.839 bits per heavy atom. The minimum Gasteiger partial charge on any atom is -0.394 e. The first kappa shape index (κ1) is 25.7. The maximum absolute atomic E-state index is 12.2. The van der Waals surface area contributed by atoms with Crippen LogP contribution in [0, 0.1) is 0 Å². The Hall–Kier alpha value is -1.53. The molecule has 0 heterocycles. The van der Waals surface area contributed by atoms with Crippen LogP contribution in [0.15, 0.2) is 48.5 Å². The van der Waals surface area contributed by atoms with Crippen LogP contribution < -0.4 is 0 Å². The van der Waals surface area contributed by atoms with Crippen molar-refractivity contribution < 1.29 is 23.8 Å². The lowest BCUT2D eigenvalue weighted by atomic mass is 9.99. The highest BCUT2D eigenvalue weighted by Gasteiger charge is 2.31. The van der Waals surface area contributed by atoms with E-state index in [2.05, 4.69) is 36.1 Å². The van der Waals surface area contributed by atoms with Crippen LogP contribution in [0.25, 0.3) is 0 Å². The van der Waals surface area contributed by atoms with E-state index in [1.54, 1.807) is 0 Å². The Kier molecular flexibility index (Phi) is 9.89. The summed E-state index contributed by atoms with van der Waals surface area (Å²) in [4.78, 5) is 2.10. The van der Waals surface area contributed by atoms with Gasteiger partial charge in [0.25, 0.3) is 0 Å². The zero-order valence-electron chi connectivity index (χ0n) is 19.1. The first-order chi connectivity index (χ1) is 14.8. The smallest absolute Gasteiger partial charge is 0.330 e. The Bertz CT molecular complexity index is 826. The third-order valence-electron chi connectivity index (χ3n) is 5.88. The summed E-state index contributed by atoms with van der Waals surface area (Å²) >= 11 is 0. The molecule has 0 radical (unpaired) electrons. The van der Waals surface area contributed by atoms with E-state index in [0.717, 1.165) is 23.1 Å². The molecule has 0 aromatic heterocycles. The van der Waals surface area contributed by atoms with Gasteiger partial charge in [-0.1, -0.05) is 55.5 Å². The van der Waals surface area contributed by atoms with E-state index in [4.69, 9.17) is 9.05 Å². The fourth-order valence-electron chi connectivity index (χ4n) is 3.34.